The molecule has 1 fully saturated rings. The molecule has 0 bridgehead atoms. The van der Waals surface area contributed by atoms with Gasteiger partial charge < -0.3 is 20.4 Å². The fraction of sp³-hybridized carbons (Fsp3) is 0.481. The Morgan fingerprint density at radius 1 is 1.19 bits per heavy atom. The number of hydrogen-bond acceptors (Lipinski definition) is 8. The average molecular weight is 524 g/mol. The molecular formula is C27H33N5O4S. The van der Waals surface area contributed by atoms with Crippen LogP contribution in [0.25, 0.3) is 10.9 Å². The number of carbonyl (C=O) groups is 3. The van der Waals surface area contributed by atoms with Crippen molar-refractivity contribution in [2.45, 2.75) is 57.7 Å². The van der Waals surface area contributed by atoms with Crippen LogP contribution in [0.3, 0.4) is 0 Å². The van der Waals surface area contributed by atoms with E-state index in [1.807, 2.05) is 30.0 Å². The summed E-state index contributed by atoms with van der Waals surface area (Å²) in [4.78, 5) is 48.5. The smallest absolute Gasteiger partial charge is 0.319 e. The second-order valence-electron chi connectivity index (χ2n) is 9.97. The number of ketones is 1. The van der Waals surface area contributed by atoms with Gasteiger partial charge in [-0.3, -0.25) is 19.3 Å². The second kappa shape index (κ2) is 11.1. The highest BCUT2D eigenvalue weighted by atomic mass is 32.1. The van der Waals surface area contributed by atoms with Gasteiger partial charge in [0.05, 0.1) is 31.6 Å². The molecule has 2 atom stereocenters. The van der Waals surface area contributed by atoms with Gasteiger partial charge in [0.1, 0.15) is 0 Å². The number of aromatic nitrogens is 2. The number of carbonyl (C=O) groups excluding carboxylic acids is 3. The third-order valence-electron chi connectivity index (χ3n) is 7.27. The maximum atomic E-state index is 13.1. The number of amides is 1. The lowest BCUT2D eigenvalue weighted by molar-refractivity contribution is -0.142. The summed E-state index contributed by atoms with van der Waals surface area (Å²) in [5.41, 5.74) is 3.65. The van der Waals surface area contributed by atoms with Crippen LogP contribution in [0.1, 0.15) is 62.1 Å². The van der Waals surface area contributed by atoms with Crippen LogP contribution in [-0.4, -0.2) is 71.4 Å². The van der Waals surface area contributed by atoms with Crippen molar-refractivity contribution in [3.63, 3.8) is 0 Å². The molecule has 3 aromatic rings. The molecule has 1 amide bonds. The van der Waals surface area contributed by atoms with E-state index in [0.717, 1.165) is 52.7 Å². The molecule has 9 nitrogen and oxygen atoms in total. The molecular weight excluding hydrogens is 490 g/mol. The summed E-state index contributed by atoms with van der Waals surface area (Å²) in [6.45, 7) is 3.80. The quantitative estimate of drug-likeness (QED) is 0.307. The molecule has 37 heavy (non-hydrogen) atoms. The highest BCUT2D eigenvalue weighted by Gasteiger charge is 2.30. The number of benzene rings is 1. The van der Waals surface area contributed by atoms with E-state index < -0.39 is 0 Å². The summed E-state index contributed by atoms with van der Waals surface area (Å²) in [5.74, 6) is -0.427. The molecule has 2 aliphatic rings. The molecule has 0 saturated heterocycles. The first kappa shape index (κ1) is 25.6. The Morgan fingerprint density at radius 2 is 2.00 bits per heavy atom. The number of thiazole rings is 1. The van der Waals surface area contributed by atoms with E-state index in [0.29, 0.717) is 30.2 Å². The maximum Gasteiger partial charge on any atom is 0.319 e. The Bertz CT molecular complexity index is 1320. The molecule has 0 radical (unpaired) electrons. The van der Waals surface area contributed by atoms with Crippen LogP contribution >= 0.6 is 11.3 Å². The molecule has 3 N–H and O–H groups in total. The Morgan fingerprint density at radius 3 is 2.81 bits per heavy atom. The van der Waals surface area contributed by atoms with Crippen molar-refractivity contribution in [3.8, 4) is 0 Å². The molecule has 196 valence electrons. The Kier molecular flexibility index (Phi) is 7.68. The van der Waals surface area contributed by atoms with Crippen LogP contribution in [0, 0.1) is 6.92 Å². The van der Waals surface area contributed by atoms with E-state index in [2.05, 4.69) is 26.7 Å². The number of nitrogens with one attached hydrogen (secondary N) is 3. The third-order valence-corrected chi connectivity index (χ3v) is 8.35. The number of rotatable bonds is 8. The van der Waals surface area contributed by atoms with E-state index in [1.54, 1.807) is 0 Å². The number of H-pyrrole nitrogens is 1. The molecule has 3 heterocycles. The number of nitrogens with zero attached hydrogens (tertiary/aromatic N) is 2. The highest BCUT2D eigenvalue weighted by Crippen LogP contribution is 2.26. The van der Waals surface area contributed by atoms with Crippen molar-refractivity contribution >= 4 is 39.9 Å². The van der Waals surface area contributed by atoms with Crippen LogP contribution < -0.4 is 10.6 Å². The van der Waals surface area contributed by atoms with Gasteiger partial charge in [-0.1, -0.05) is 24.5 Å². The summed E-state index contributed by atoms with van der Waals surface area (Å²) in [7, 11) is 1.39. The molecule has 0 unspecified atom stereocenters. The average Bonchev–Trinajstić information content (AvgIpc) is 3.51. The molecule has 10 heteroatoms. The zero-order chi connectivity index (χ0) is 25.9. The van der Waals surface area contributed by atoms with E-state index >= 15 is 0 Å². The lowest BCUT2D eigenvalue weighted by atomic mass is 9.90. The summed E-state index contributed by atoms with van der Waals surface area (Å²) < 4.78 is 4.77. The molecule has 5 rings (SSSR count). The van der Waals surface area contributed by atoms with E-state index in [1.165, 1.54) is 18.4 Å². The van der Waals surface area contributed by atoms with Crippen molar-refractivity contribution in [1.82, 2.24) is 25.5 Å². The summed E-state index contributed by atoms with van der Waals surface area (Å²) in [5, 5.41) is 8.08. The number of aryl methyl sites for hydroxylation is 1. The maximum absolute atomic E-state index is 13.1. The highest BCUT2D eigenvalue weighted by molar-refractivity contribution is 7.13. The standard InChI is InChI=1S/C27H33N5O4S/c1-16-7-8-18-17(11-16)12-22(29-18)23(33)13-28-19-5-3-4-6-20(19)30-26(35)27-31-21-9-10-32(14-24(21)37-27)15-25(34)36-2/h7-8,11-12,19-20,28-29H,3-6,9-10,13-15H2,1-2H3,(H,30,35)/t19-,20+/m0/s1. The topological polar surface area (TPSA) is 116 Å². The first-order chi connectivity index (χ1) is 17.9. The number of methoxy groups -OCH3 is 1. The van der Waals surface area contributed by atoms with Gasteiger partial charge >= 0.3 is 5.97 Å². The van der Waals surface area contributed by atoms with Gasteiger partial charge in [-0.05, 0) is 38.0 Å². The third kappa shape index (κ3) is 5.92. The molecule has 1 aliphatic carbocycles. The summed E-state index contributed by atoms with van der Waals surface area (Å²) >= 11 is 1.39. The van der Waals surface area contributed by atoms with Crippen LogP contribution in [0.2, 0.25) is 0 Å². The number of ether oxygens (including phenoxy) is 1. The van der Waals surface area contributed by atoms with Crippen molar-refractivity contribution in [1.29, 1.82) is 0 Å². The lowest BCUT2D eigenvalue weighted by Crippen LogP contribution is -2.52. The van der Waals surface area contributed by atoms with Crippen molar-refractivity contribution in [2.24, 2.45) is 0 Å². The molecule has 1 aromatic carbocycles. The van der Waals surface area contributed by atoms with Gasteiger partial charge in [0.25, 0.3) is 5.91 Å². The SMILES string of the molecule is COC(=O)CN1CCc2nc(C(=O)N[C@@H]3CCCC[C@@H]3NCC(=O)c3cc4cc(C)ccc4[nH]3)sc2C1. The minimum absolute atomic E-state index is 0.00797. The monoisotopic (exact) mass is 523 g/mol. The van der Waals surface area contributed by atoms with E-state index in [4.69, 9.17) is 4.74 Å². The number of hydrogen-bond donors (Lipinski definition) is 3. The van der Waals surface area contributed by atoms with Crippen LogP contribution in [0.5, 0.6) is 0 Å². The van der Waals surface area contributed by atoms with Crippen molar-refractivity contribution in [2.75, 3.05) is 26.7 Å². The lowest BCUT2D eigenvalue weighted by Gasteiger charge is -2.32. The van der Waals surface area contributed by atoms with Crippen LogP contribution in [0.15, 0.2) is 24.3 Å². The number of aromatic amines is 1. The van der Waals surface area contributed by atoms with E-state index in [9.17, 15) is 14.4 Å². The van der Waals surface area contributed by atoms with Crippen LogP contribution in [0.4, 0.5) is 0 Å². The largest absolute Gasteiger partial charge is 0.468 e. The minimum atomic E-state index is -0.264. The molecule has 0 spiro atoms. The Hall–Kier alpha value is -3.08. The van der Waals surface area contributed by atoms with E-state index in [-0.39, 0.29) is 42.8 Å². The van der Waals surface area contributed by atoms with Gasteiger partial charge in [-0.25, -0.2) is 4.98 Å². The fourth-order valence-corrected chi connectivity index (χ4v) is 6.28. The fourth-order valence-electron chi connectivity index (χ4n) is 5.23. The van der Waals surface area contributed by atoms with Gasteiger partial charge in [-0.2, -0.15) is 0 Å². The molecule has 1 saturated carbocycles. The van der Waals surface area contributed by atoms with Gasteiger partial charge in [0.2, 0.25) is 0 Å². The number of esters is 1. The number of fused-ring (bicyclic) bond motifs is 2. The molecule has 2 aromatic heterocycles. The Labute approximate surface area is 220 Å². The predicted molar refractivity (Wildman–Crippen MR) is 142 cm³/mol. The predicted octanol–water partition coefficient (Wildman–Crippen LogP) is 2.98. The normalized spacial score (nSPS) is 19.9. The summed E-state index contributed by atoms with van der Waals surface area (Å²) in [6.07, 6.45) is 4.57. The first-order valence-corrected chi connectivity index (χ1v) is 13.7. The first-order valence-electron chi connectivity index (χ1n) is 12.8. The van der Waals surface area contributed by atoms with Crippen molar-refractivity contribution in [3.05, 3.63) is 51.1 Å². The Balaban J connectivity index is 1.18. The van der Waals surface area contributed by atoms with Gasteiger partial charge in [0, 0.05) is 47.4 Å². The van der Waals surface area contributed by atoms with Gasteiger partial charge in [-0.15, -0.1) is 11.3 Å². The number of Topliss-reactive ketones (excluding diaryl/α,β-unsaturated/α-hetero) is 1. The minimum Gasteiger partial charge on any atom is -0.468 e. The van der Waals surface area contributed by atoms with Crippen molar-refractivity contribution < 1.29 is 19.1 Å². The zero-order valence-corrected chi connectivity index (χ0v) is 22.1. The molecule has 1 aliphatic heterocycles. The zero-order valence-electron chi connectivity index (χ0n) is 21.3. The summed E-state index contributed by atoms with van der Waals surface area (Å²) in [6, 6.07) is 7.96. The second-order valence-corrected chi connectivity index (χ2v) is 11.1. The van der Waals surface area contributed by atoms with Gasteiger partial charge in [0.15, 0.2) is 10.8 Å². The van der Waals surface area contributed by atoms with Crippen LogP contribution in [-0.2, 0) is 22.5 Å².